The van der Waals surface area contributed by atoms with Crippen molar-refractivity contribution >= 4 is 49.2 Å². The van der Waals surface area contributed by atoms with Crippen molar-refractivity contribution in [1.29, 1.82) is 0 Å². The van der Waals surface area contributed by atoms with Crippen LogP contribution in [0.15, 0.2) is 45.6 Å². The van der Waals surface area contributed by atoms with Crippen LogP contribution in [0.5, 0.6) is 0 Å². The Labute approximate surface area is 415 Å². The highest BCUT2D eigenvalue weighted by Crippen LogP contribution is 2.62. The van der Waals surface area contributed by atoms with Crippen LogP contribution in [0, 0.1) is 39.4 Å². The number of rotatable bonds is 22. The number of phosphoric ester groups is 1. The maximum atomic E-state index is 13.8. The second kappa shape index (κ2) is 20.7. The van der Waals surface area contributed by atoms with Crippen molar-refractivity contribution in [3.63, 3.8) is 0 Å². The number of carbonyl (C=O) groups is 7. The fourth-order valence-corrected chi connectivity index (χ4v) is 13.7. The first-order valence-corrected chi connectivity index (χ1v) is 25.8. The minimum atomic E-state index is -4.85. The van der Waals surface area contributed by atoms with Gasteiger partial charge in [-0.3, -0.25) is 38.1 Å². The molecular weight excluding hydrogens is 938 g/mol. The van der Waals surface area contributed by atoms with E-state index in [9.17, 15) is 47.9 Å². The summed E-state index contributed by atoms with van der Waals surface area (Å²) >= 11 is 0. The monoisotopic (exact) mass is 1020 g/mol. The van der Waals surface area contributed by atoms with Gasteiger partial charge in [0, 0.05) is 108 Å². The van der Waals surface area contributed by atoms with Crippen LogP contribution in [0.1, 0.15) is 133 Å². The van der Waals surface area contributed by atoms with Crippen LogP contribution in [0.4, 0.5) is 0 Å². The largest absolute Gasteiger partial charge is 0.469 e. The van der Waals surface area contributed by atoms with Crippen molar-refractivity contribution in [2.75, 3.05) is 6.54 Å². The second-order valence-corrected chi connectivity index (χ2v) is 23.3. The molecule has 8 bridgehead atoms. The topological polar surface area (TPSA) is 403 Å². The molecule has 5 heterocycles. The first-order chi connectivity index (χ1) is 32.6. The second-order valence-electron chi connectivity index (χ2n) is 22.1. The molecule has 0 radical (unpaired) electrons. The number of phosphoric acid groups is 1. The Hall–Kier alpha value is -5.28. The van der Waals surface area contributed by atoms with Crippen LogP contribution in [0.25, 0.3) is 0 Å². The van der Waals surface area contributed by atoms with Gasteiger partial charge in [-0.05, 0) is 88.0 Å². The third-order valence-electron chi connectivity index (χ3n) is 16.9. The molecule has 3 saturated heterocycles. The summed E-state index contributed by atoms with van der Waals surface area (Å²) in [6.45, 7) is 16.8. The van der Waals surface area contributed by atoms with Gasteiger partial charge in [0.2, 0.25) is 41.4 Å². The van der Waals surface area contributed by atoms with E-state index in [0.29, 0.717) is 29.1 Å². The summed E-state index contributed by atoms with van der Waals surface area (Å²) in [5, 5.41) is 18.0. The Morgan fingerprint density at radius 2 is 1.32 bits per heavy atom. The van der Waals surface area contributed by atoms with Crippen molar-refractivity contribution in [2.24, 2.45) is 73.8 Å². The van der Waals surface area contributed by atoms with Gasteiger partial charge in [-0.15, -0.1) is 0 Å². The lowest BCUT2D eigenvalue weighted by atomic mass is 9.60. The summed E-state index contributed by atoms with van der Waals surface area (Å²) in [6.07, 6.45) is 1.02. The van der Waals surface area contributed by atoms with E-state index in [1.165, 1.54) is 6.92 Å². The molecule has 0 aromatic rings. The number of hydrogen-bond acceptors (Lipinski definition) is 13. The van der Waals surface area contributed by atoms with Gasteiger partial charge in [0.1, 0.15) is 0 Å². The fraction of sp³-hybridized carbons (Fsp3) is 0.688. The number of nitrogens with one attached hydrogen (secondary N) is 5. The molecule has 0 saturated carbocycles. The van der Waals surface area contributed by atoms with E-state index in [0.717, 1.165) is 16.8 Å². The molecule has 7 amide bonds. The first-order valence-electron chi connectivity index (χ1n) is 24.3. The van der Waals surface area contributed by atoms with E-state index in [2.05, 4.69) is 46.5 Å². The summed E-state index contributed by atoms with van der Waals surface area (Å²) in [5.74, 6) is -5.40. The lowest BCUT2D eigenvalue weighted by Crippen LogP contribution is -2.54. The van der Waals surface area contributed by atoms with E-state index in [1.807, 2.05) is 41.5 Å². The van der Waals surface area contributed by atoms with Crippen LogP contribution >= 0.6 is 7.82 Å². The first kappa shape index (κ1) is 56.6. The molecule has 3 unspecified atom stereocenters. The van der Waals surface area contributed by atoms with Crippen LogP contribution in [0.2, 0.25) is 0 Å². The molecular formula is C48H78N11O11P. The molecule has 0 aromatic heterocycles. The summed E-state index contributed by atoms with van der Waals surface area (Å²) in [6, 6.07) is -1.65. The van der Waals surface area contributed by atoms with Crippen molar-refractivity contribution < 1.29 is 52.4 Å². The molecule has 19 N–H and O–H groups in total. The number of amides is 7. The highest BCUT2D eigenvalue weighted by molar-refractivity contribution is 7.46. The summed E-state index contributed by atoms with van der Waals surface area (Å²) in [7, 11) is -4.85. The van der Waals surface area contributed by atoms with E-state index >= 15 is 0 Å². The number of allylic oxidation sites excluding steroid dienone is 3. The molecule has 23 heteroatoms. The predicted molar refractivity (Wildman–Crippen MR) is 263 cm³/mol. The maximum Gasteiger partial charge on any atom is 0.469 e. The molecule has 5 aliphatic rings. The Bertz CT molecular complexity index is 2400. The average Bonchev–Trinajstić information content (AvgIpc) is 3.83. The van der Waals surface area contributed by atoms with Crippen LogP contribution in [-0.2, 0) is 42.7 Å². The highest BCUT2D eigenvalue weighted by atomic mass is 31.2. The van der Waals surface area contributed by atoms with Gasteiger partial charge in [-0.25, -0.2) is 4.57 Å². The number of hydrogen-bond donors (Lipinski definition) is 13. The summed E-state index contributed by atoms with van der Waals surface area (Å²) < 4.78 is 16.3. The fourth-order valence-electron chi connectivity index (χ4n) is 13.1. The van der Waals surface area contributed by atoms with E-state index in [1.54, 1.807) is 0 Å². The van der Waals surface area contributed by atoms with Gasteiger partial charge in [0.05, 0.1) is 24.1 Å². The molecule has 11 atom stereocenters. The Morgan fingerprint density at radius 1 is 0.761 bits per heavy atom. The van der Waals surface area contributed by atoms with Gasteiger partial charge < -0.3 is 70.8 Å². The molecule has 0 aromatic carbocycles. The third-order valence-corrected chi connectivity index (χ3v) is 17.5. The maximum absolute atomic E-state index is 13.8. The van der Waals surface area contributed by atoms with Crippen LogP contribution < -0.4 is 61.0 Å². The van der Waals surface area contributed by atoms with Crippen molar-refractivity contribution in [1.82, 2.24) is 26.6 Å². The van der Waals surface area contributed by atoms with Gasteiger partial charge >= 0.3 is 7.82 Å². The van der Waals surface area contributed by atoms with Crippen LogP contribution in [0.3, 0.4) is 0 Å². The molecule has 5 aliphatic heterocycles. The number of primary amides is 6. The normalized spacial score (nSPS) is 35.2. The molecule has 5 rings (SSSR count). The minimum absolute atomic E-state index is 0.00210. The lowest BCUT2D eigenvalue weighted by molar-refractivity contribution is -0.122. The van der Waals surface area contributed by atoms with Gasteiger partial charge in [0.25, 0.3) is 0 Å². The SMILES string of the molecule is C/C1=C2/NC(=C(CC(N)=O)[C@@]2(C)CCC(=O)NC[C@@H](C)OP(=O)(O)O)[C@]2(C)N/C(=C(/C)C3NC(/C=C4\NC1[C@@H](CCC(N)=O)C4(C)C)[C@@H](CCC(N)=O)[C@]3(C)CC(N)=O)[C@@H](CCC(N)=O)[C@]2(C)CC(N)=O. The highest BCUT2D eigenvalue weighted by Gasteiger charge is 2.64. The average molecular weight is 1020 g/mol. The molecule has 0 spiro atoms. The zero-order valence-electron chi connectivity index (χ0n) is 42.6. The Balaban J connectivity index is 1.92. The molecule has 3 fully saturated rings. The quantitative estimate of drug-likeness (QED) is 0.0663. The number of fused-ring (bicyclic) bond motifs is 9. The summed E-state index contributed by atoms with van der Waals surface area (Å²) in [5.41, 5.74) is 35.0. The van der Waals surface area contributed by atoms with Gasteiger partial charge in [-0.2, -0.15) is 0 Å². The smallest absolute Gasteiger partial charge is 0.381 e. The van der Waals surface area contributed by atoms with E-state index in [4.69, 9.17) is 38.9 Å². The number of carbonyl (C=O) groups excluding carboxylic acids is 7. The summed E-state index contributed by atoms with van der Waals surface area (Å²) in [4.78, 5) is 111. The van der Waals surface area contributed by atoms with Crippen molar-refractivity contribution in [3.8, 4) is 0 Å². The molecule has 22 nitrogen and oxygen atoms in total. The van der Waals surface area contributed by atoms with Crippen molar-refractivity contribution in [3.05, 3.63) is 45.6 Å². The predicted octanol–water partition coefficient (Wildman–Crippen LogP) is 0.674. The van der Waals surface area contributed by atoms with Crippen molar-refractivity contribution in [2.45, 2.75) is 163 Å². The zero-order valence-corrected chi connectivity index (χ0v) is 43.5. The Kier molecular flexibility index (Phi) is 16.5. The standard InChI is InChI=1S/C48H78N11O11P/c1-23(70-71(67,68)69)22-55-38(66)16-17-45(6)29(18-35(52)63)43-48(9)47(8,21-37(54)65)28(12-15-34(51)62)40(59-48)25(3)42-46(7,20-36(53)64)26(10-13-32(49)60)30(56-42)19-31-44(4,5)27(11-14-33(50)61)39(57-31)24(2)41(45)58-43/h19,23,26-28,30,39,42,56-59H,10-18,20-22H2,1-9H3,(H2,49,60)(H2,50,61)(H2,51,62)(H2,52,63)(H2,53,64)(H2,54,65)(H,55,66)(H2,67,68,69)/b31-19-,40-25-,41-24-/t23-,26-,27-,28-,30?,39?,42?,45-,46+,47+,48+/m1/s1. The van der Waals surface area contributed by atoms with E-state index < -0.39 is 112 Å². The lowest BCUT2D eigenvalue weighted by Gasteiger charge is -2.44. The minimum Gasteiger partial charge on any atom is -0.381 e. The van der Waals surface area contributed by atoms with E-state index in [-0.39, 0.29) is 76.7 Å². The third kappa shape index (κ3) is 11.4. The molecule has 0 aliphatic carbocycles. The Morgan fingerprint density at radius 3 is 1.86 bits per heavy atom. The zero-order chi connectivity index (χ0) is 53.6. The van der Waals surface area contributed by atoms with Gasteiger partial charge in [-0.1, -0.05) is 34.6 Å². The molecule has 396 valence electrons. The number of nitrogens with two attached hydrogens (primary N) is 6. The van der Waals surface area contributed by atoms with Gasteiger partial charge in [0.15, 0.2) is 0 Å². The van der Waals surface area contributed by atoms with Crippen LogP contribution in [-0.4, -0.2) is 87.5 Å². The molecule has 71 heavy (non-hydrogen) atoms.